The molecule has 6 nitrogen and oxygen atoms in total. The zero-order valence-corrected chi connectivity index (χ0v) is 14.2. The second-order valence-electron chi connectivity index (χ2n) is 6.77. The number of carbonyl (C=O) groups excluding carboxylic acids is 3. The van der Waals surface area contributed by atoms with Gasteiger partial charge in [0.1, 0.15) is 5.76 Å². The molecule has 1 saturated heterocycles. The summed E-state index contributed by atoms with van der Waals surface area (Å²) in [6.07, 6.45) is 5.35. The molecule has 2 heterocycles. The maximum Gasteiger partial charge on any atom is 0.233 e. The van der Waals surface area contributed by atoms with Crippen LogP contribution in [0.4, 0.5) is 0 Å². The zero-order chi connectivity index (χ0) is 17.3. The molecule has 2 fully saturated rings. The van der Waals surface area contributed by atoms with Gasteiger partial charge in [0.05, 0.1) is 24.1 Å². The molecule has 1 aliphatic heterocycles. The molecule has 3 unspecified atom stereocenters. The number of fused-ring (bicyclic) bond motifs is 1. The van der Waals surface area contributed by atoms with Gasteiger partial charge in [0, 0.05) is 20.0 Å². The Morgan fingerprint density at radius 2 is 1.92 bits per heavy atom. The first-order chi connectivity index (χ1) is 11.5. The molecule has 0 bridgehead atoms. The van der Waals surface area contributed by atoms with E-state index in [1.807, 2.05) is 13.0 Å². The predicted octanol–water partition coefficient (Wildman–Crippen LogP) is 2.36. The summed E-state index contributed by atoms with van der Waals surface area (Å²) in [7, 11) is 1.71. The summed E-state index contributed by atoms with van der Waals surface area (Å²) >= 11 is 0. The van der Waals surface area contributed by atoms with E-state index in [0.29, 0.717) is 5.76 Å². The zero-order valence-electron chi connectivity index (χ0n) is 14.2. The lowest BCUT2D eigenvalue weighted by Crippen LogP contribution is -2.36. The first-order valence-corrected chi connectivity index (χ1v) is 8.65. The SMILES string of the molecule is CC(c1ccco1)N(C)C(=O)CCN1C(=O)C2CCCCC2C1=O. The van der Waals surface area contributed by atoms with Crippen molar-refractivity contribution in [2.75, 3.05) is 13.6 Å². The molecule has 0 N–H and O–H groups in total. The van der Waals surface area contributed by atoms with Gasteiger partial charge in [-0.15, -0.1) is 0 Å². The third-order valence-electron chi connectivity index (χ3n) is 5.41. The van der Waals surface area contributed by atoms with Crippen molar-refractivity contribution in [2.45, 2.75) is 45.1 Å². The van der Waals surface area contributed by atoms with Crippen LogP contribution >= 0.6 is 0 Å². The van der Waals surface area contributed by atoms with E-state index >= 15 is 0 Å². The van der Waals surface area contributed by atoms with Gasteiger partial charge < -0.3 is 9.32 Å². The molecular weight excluding hydrogens is 308 g/mol. The molecular formula is C18H24N2O4. The molecule has 3 amide bonds. The fourth-order valence-electron chi connectivity index (χ4n) is 3.77. The minimum atomic E-state index is -0.180. The second-order valence-corrected chi connectivity index (χ2v) is 6.77. The van der Waals surface area contributed by atoms with E-state index in [0.717, 1.165) is 25.7 Å². The normalized spacial score (nSPS) is 24.8. The lowest BCUT2D eigenvalue weighted by atomic mass is 9.81. The van der Waals surface area contributed by atoms with Crippen molar-refractivity contribution in [1.82, 2.24) is 9.80 Å². The second kappa shape index (κ2) is 6.79. The highest BCUT2D eigenvalue weighted by Crippen LogP contribution is 2.38. The van der Waals surface area contributed by atoms with Crippen molar-refractivity contribution in [3.8, 4) is 0 Å². The van der Waals surface area contributed by atoms with Gasteiger partial charge in [0.25, 0.3) is 0 Å². The molecule has 0 spiro atoms. The van der Waals surface area contributed by atoms with E-state index in [9.17, 15) is 14.4 Å². The molecule has 0 radical (unpaired) electrons. The first kappa shape index (κ1) is 16.7. The van der Waals surface area contributed by atoms with Crippen LogP contribution in [0.1, 0.15) is 50.8 Å². The Balaban J connectivity index is 1.58. The van der Waals surface area contributed by atoms with Crippen molar-refractivity contribution in [3.63, 3.8) is 0 Å². The lowest BCUT2D eigenvalue weighted by molar-refractivity contribution is -0.141. The van der Waals surface area contributed by atoms with Gasteiger partial charge in [-0.05, 0) is 31.9 Å². The van der Waals surface area contributed by atoms with Crippen LogP contribution in [-0.4, -0.2) is 41.1 Å². The maximum absolute atomic E-state index is 12.4. The van der Waals surface area contributed by atoms with E-state index in [4.69, 9.17) is 4.42 Å². The van der Waals surface area contributed by atoms with Crippen LogP contribution in [0.2, 0.25) is 0 Å². The number of hydrogen-bond acceptors (Lipinski definition) is 4. The maximum atomic E-state index is 12.4. The monoisotopic (exact) mass is 332 g/mol. The average molecular weight is 332 g/mol. The van der Waals surface area contributed by atoms with Crippen molar-refractivity contribution < 1.29 is 18.8 Å². The standard InChI is InChI=1S/C18H24N2O4/c1-12(15-8-5-11-24-15)19(2)16(21)9-10-20-17(22)13-6-3-4-7-14(13)18(20)23/h5,8,11-14H,3-4,6-7,9-10H2,1-2H3. The van der Waals surface area contributed by atoms with Crippen molar-refractivity contribution >= 4 is 17.7 Å². The van der Waals surface area contributed by atoms with Crippen LogP contribution in [0.15, 0.2) is 22.8 Å². The van der Waals surface area contributed by atoms with Gasteiger partial charge in [-0.2, -0.15) is 0 Å². The molecule has 3 atom stereocenters. The van der Waals surface area contributed by atoms with Crippen molar-refractivity contribution in [3.05, 3.63) is 24.2 Å². The van der Waals surface area contributed by atoms with E-state index in [1.165, 1.54) is 4.90 Å². The van der Waals surface area contributed by atoms with Gasteiger partial charge in [-0.3, -0.25) is 19.3 Å². The quantitative estimate of drug-likeness (QED) is 0.776. The predicted molar refractivity (Wildman–Crippen MR) is 86.7 cm³/mol. The summed E-state index contributed by atoms with van der Waals surface area (Å²) in [5.74, 6) is 0.139. The van der Waals surface area contributed by atoms with Crippen LogP contribution in [0.25, 0.3) is 0 Å². The Labute approximate surface area is 141 Å². The van der Waals surface area contributed by atoms with E-state index in [-0.39, 0.29) is 48.6 Å². The van der Waals surface area contributed by atoms with Gasteiger partial charge in [0.15, 0.2) is 0 Å². The first-order valence-electron chi connectivity index (χ1n) is 8.65. The summed E-state index contributed by atoms with van der Waals surface area (Å²) in [4.78, 5) is 40.1. The van der Waals surface area contributed by atoms with E-state index in [1.54, 1.807) is 24.3 Å². The highest BCUT2D eigenvalue weighted by Gasteiger charge is 2.47. The summed E-state index contributed by atoms with van der Waals surface area (Å²) in [6, 6.07) is 3.43. The van der Waals surface area contributed by atoms with Gasteiger partial charge >= 0.3 is 0 Å². The summed E-state index contributed by atoms with van der Waals surface area (Å²) in [5, 5.41) is 0. The number of hydrogen-bond donors (Lipinski definition) is 0. The molecule has 1 aliphatic carbocycles. The van der Waals surface area contributed by atoms with Crippen LogP contribution in [0, 0.1) is 11.8 Å². The van der Waals surface area contributed by atoms with Crippen LogP contribution in [0.5, 0.6) is 0 Å². The third kappa shape index (κ3) is 2.97. The van der Waals surface area contributed by atoms with E-state index < -0.39 is 0 Å². The highest BCUT2D eigenvalue weighted by molar-refractivity contribution is 6.05. The van der Waals surface area contributed by atoms with Crippen LogP contribution in [-0.2, 0) is 14.4 Å². The largest absolute Gasteiger partial charge is 0.467 e. The molecule has 3 rings (SSSR count). The Bertz CT molecular complexity index is 601. The molecule has 1 saturated carbocycles. The van der Waals surface area contributed by atoms with Crippen molar-refractivity contribution in [2.24, 2.45) is 11.8 Å². The smallest absolute Gasteiger partial charge is 0.233 e. The van der Waals surface area contributed by atoms with Gasteiger partial charge in [-0.1, -0.05) is 12.8 Å². The fraction of sp³-hybridized carbons (Fsp3) is 0.611. The Morgan fingerprint density at radius 3 is 2.46 bits per heavy atom. The topological polar surface area (TPSA) is 70.8 Å². The number of carbonyl (C=O) groups is 3. The number of imide groups is 1. The number of furan rings is 1. The Hall–Kier alpha value is -2.11. The molecule has 130 valence electrons. The van der Waals surface area contributed by atoms with Gasteiger partial charge in [-0.25, -0.2) is 0 Å². The molecule has 2 aliphatic rings. The Morgan fingerprint density at radius 1 is 1.29 bits per heavy atom. The number of likely N-dealkylation sites (tertiary alicyclic amines) is 1. The average Bonchev–Trinajstić information content (AvgIpc) is 3.21. The minimum Gasteiger partial charge on any atom is -0.467 e. The van der Waals surface area contributed by atoms with Crippen LogP contribution < -0.4 is 0 Å². The third-order valence-corrected chi connectivity index (χ3v) is 5.41. The van der Waals surface area contributed by atoms with Gasteiger partial charge in [0.2, 0.25) is 17.7 Å². The molecule has 24 heavy (non-hydrogen) atoms. The molecule has 6 heteroatoms. The van der Waals surface area contributed by atoms with E-state index in [2.05, 4.69) is 0 Å². The molecule has 0 aromatic carbocycles. The number of nitrogens with zero attached hydrogens (tertiary/aromatic N) is 2. The number of rotatable bonds is 5. The lowest BCUT2D eigenvalue weighted by Gasteiger charge is -2.24. The summed E-state index contributed by atoms with van der Waals surface area (Å²) in [5.41, 5.74) is 0. The minimum absolute atomic E-state index is 0.0840. The fourth-order valence-corrected chi connectivity index (χ4v) is 3.77. The van der Waals surface area contributed by atoms with Crippen molar-refractivity contribution in [1.29, 1.82) is 0 Å². The summed E-state index contributed by atoms with van der Waals surface area (Å²) < 4.78 is 5.33. The summed E-state index contributed by atoms with van der Waals surface area (Å²) in [6.45, 7) is 2.07. The molecule has 1 aromatic rings. The highest BCUT2D eigenvalue weighted by atomic mass is 16.3. The van der Waals surface area contributed by atoms with Crippen LogP contribution in [0.3, 0.4) is 0 Å². The number of amides is 3. The molecule has 1 aromatic heterocycles. The Kier molecular flexibility index (Phi) is 4.73.